The third-order valence-electron chi connectivity index (χ3n) is 5.44. The van der Waals surface area contributed by atoms with Crippen molar-refractivity contribution >= 4 is 52.2 Å². The highest BCUT2D eigenvalue weighted by Crippen LogP contribution is 2.36. The second-order valence-electron chi connectivity index (χ2n) is 7.95. The summed E-state index contributed by atoms with van der Waals surface area (Å²) in [5.41, 5.74) is 1.55. The molecule has 0 bridgehead atoms. The number of carbonyl (C=O) groups excluding carboxylic acids is 3. The molecule has 0 unspecified atom stereocenters. The summed E-state index contributed by atoms with van der Waals surface area (Å²) in [7, 11) is 2.96. The van der Waals surface area contributed by atoms with Gasteiger partial charge in [0.15, 0.2) is 18.1 Å². The van der Waals surface area contributed by atoms with E-state index in [2.05, 4.69) is 5.32 Å². The van der Waals surface area contributed by atoms with Crippen LogP contribution in [0.5, 0.6) is 17.2 Å². The zero-order valence-electron chi connectivity index (χ0n) is 20.3. The quantitative estimate of drug-likeness (QED) is 0.335. The molecule has 1 aliphatic heterocycles. The van der Waals surface area contributed by atoms with E-state index < -0.39 is 22.9 Å². The molecule has 3 aromatic carbocycles. The fraction of sp³-hybridized carbons (Fsp3) is 0.148. The van der Waals surface area contributed by atoms with Gasteiger partial charge in [-0.2, -0.15) is 0 Å². The fourth-order valence-electron chi connectivity index (χ4n) is 3.58. The van der Waals surface area contributed by atoms with Gasteiger partial charge in [0.2, 0.25) is 0 Å². The van der Waals surface area contributed by atoms with Gasteiger partial charge in [0.25, 0.3) is 17.1 Å². The second kappa shape index (κ2) is 12.0. The van der Waals surface area contributed by atoms with Crippen LogP contribution >= 0.6 is 23.4 Å². The largest absolute Gasteiger partial charge is 0.495 e. The lowest BCUT2D eigenvalue weighted by Gasteiger charge is -2.14. The molecule has 0 aliphatic carbocycles. The molecule has 11 heteroatoms. The van der Waals surface area contributed by atoms with E-state index in [1.54, 1.807) is 48.5 Å². The number of hydrogen-bond donors (Lipinski definition) is 1. The number of rotatable bonds is 9. The molecule has 38 heavy (non-hydrogen) atoms. The van der Waals surface area contributed by atoms with E-state index >= 15 is 0 Å². The predicted octanol–water partition coefficient (Wildman–Crippen LogP) is 5.75. The van der Waals surface area contributed by atoms with Gasteiger partial charge in [0.1, 0.15) is 11.6 Å². The van der Waals surface area contributed by atoms with Crippen molar-refractivity contribution in [3.8, 4) is 17.2 Å². The Labute approximate surface area is 227 Å². The molecular formula is C27H22ClFN2O6S. The SMILES string of the molecule is COc1ccccc1NC(=O)COc1ccc(/C=C2\SC(=O)N(Cc3ccc(F)cc3Cl)C2=O)cc1OC. The van der Waals surface area contributed by atoms with Gasteiger partial charge >= 0.3 is 0 Å². The fourth-order valence-corrected chi connectivity index (χ4v) is 4.64. The monoisotopic (exact) mass is 556 g/mol. The number of ether oxygens (including phenoxy) is 3. The lowest BCUT2D eigenvalue weighted by atomic mass is 10.1. The van der Waals surface area contributed by atoms with Crippen molar-refractivity contribution in [2.24, 2.45) is 0 Å². The molecule has 1 aliphatic rings. The average Bonchev–Trinajstić information content (AvgIpc) is 3.16. The zero-order valence-corrected chi connectivity index (χ0v) is 21.9. The highest BCUT2D eigenvalue weighted by molar-refractivity contribution is 8.18. The standard InChI is InChI=1S/C27H22ClFN2O6S/c1-35-21-6-4-3-5-20(21)30-25(32)15-37-22-10-7-16(11-23(22)36-2)12-24-26(33)31(27(34)38-24)14-17-8-9-18(29)13-19(17)28/h3-13H,14-15H2,1-2H3,(H,30,32)/b24-12-. The van der Waals surface area contributed by atoms with Gasteiger partial charge in [-0.1, -0.05) is 35.9 Å². The molecule has 196 valence electrons. The third kappa shape index (κ3) is 6.27. The van der Waals surface area contributed by atoms with E-state index in [-0.39, 0.29) is 23.1 Å². The summed E-state index contributed by atoms with van der Waals surface area (Å²) in [4.78, 5) is 39.0. The normalized spacial score (nSPS) is 14.1. The Balaban J connectivity index is 1.43. The average molecular weight is 557 g/mol. The van der Waals surface area contributed by atoms with Crippen LogP contribution in [0.4, 0.5) is 14.9 Å². The minimum atomic E-state index is -0.508. The van der Waals surface area contributed by atoms with Gasteiger partial charge in [-0.3, -0.25) is 19.3 Å². The van der Waals surface area contributed by atoms with Gasteiger partial charge in [0, 0.05) is 5.02 Å². The molecule has 1 saturated heterocycles. The number of nitrogens with one attached hydrogen (secondary N) is 1. The summed E-state index contributed by atoms with van der Waals surface area (Å²) in [5.74, 6) is -0.220. The van der Waals surface area contributed by atoms with Crippen LogP contribution in [-0.2, 0) is 16.1 Å². The number of hydrogen-bond acceptors (Lipinski definition) is 7. The summed E-state index contributed by atoms with van der Waals surface area (Å²) in [6, 6.07) is 15.7. The smallest absolute Gasteiger partial charge is 0.293 e. The van der Waals surface area contributed by atoms with Crippen molar-refractivity contribution in [3.63, 3.8) is 0 Å². The molecule has 0 spiro atoms. The molecule has 1 heterocycles. The van der Waals surface area contributed by atoms with E-state index in [0.717, 1.165) is 22.7 Å². The van der Waals surface area contributed by atoms with Crippen LogP contribution in [0.1, 0.15) is 11.1 Å². The lowest BCUT2D eigenvalue weighted by Crippen LogP contribution is -2.27. The second-order valence-corrected chi connectivity index (χ2v) is 9.35. The Kier molecular flexibility index (Phi) is 8.55. The lowest BCUT2D eigenvalue weighted by molar-refractivity contribution is -0.123. The first-order valence-electron chi connectivity index (χ1n) is 11.2. The van der Waals surface area contributed by atoms with Crippen molar-refractivity contribution in [2.45, 2.75) is 6.54 Å². The van der Waals surface area contributed by atoms with Gasteiger partial charge in [-0.05, 0) is 65.4 Å². The maximum Gasteiger partial charge on any atom is 0.293 e. The Morgan fingerprint density at radius 1 is 1.03 bits per heavy atom. The highest BCUT2D eigenvalue weighted by Gasteiger charge is 2.35. The molecule has 0 atom stereocenters. The van der Waals surface area contributed by atoms with Crippen molar-refractivity contribution in [1.82, 2.24) is 4.90 Å². The number of benzene rings is 3. The number of halogens is 2. The first-order chi connectivity index (χ1) is 18.3. The van der Waals surface area contributed by atoms with Gasteiger partial charge in [-0.15, -0.1) is 0 Å². The van der Waals surface area contributed by atoms with E-state index in [1.165, 1.54) is 26.4 Å². The van der Waals surface area contributed by atoms with Gasteiger partial charge < -0.3 is 19.5 Å². The number of imide groups is 1. The van der Waals surface area contributed by atoms with Gasteiger partial charge in [-0.25, -0.2) is 4.39 Å². The van der Waals surface area contributed by atoms with E-state index in [0.29, 0.717) is 34.1 Å². The molecule has 8 nitrogen and oxygen atoms in total. The van der Waals surface area contributed by atoms with Crippen LogP contribution in [0.3, 0.4) is 0 Å². The summed E-state index contributed by atoms with van der Waals surface area (Å²) in [5, 5.41) is 2.39. The van der Waals surface area contributed by atoms with Crippen molar-refractivity contribution < 1.29 is 33.0 Å². The van der Waals surface area contributed by atoms with Crippen LogP contribution in [0.15, 0.2) is 65.6 Å². The molecule has 3 amide bonds. The van der Waals surface area contributed by atoms with E-state index in [9.17, 15) is 18.8 Å². The number of thioether (sulfide) groups is 1. The number of amides is 3. The van der Waals surface area contributed by atoms with Crippen LogP contribution in [0.2, 0.25) is 5.02 Å². The Morgan fingerprint density at radius 3 is 2.53 bits per heavy atom. The molecule has 4 rings (SSSR count). The summed E-state index contributed by atoms with van der Waals surface area (Å²) >= 11 is 6.84. The topological polar surface area (TPSA) is 94.2 Å². The van der Waals surface area contributed by atoms with Crippen molar-refractivity contribution in [2.75, 3.05) is 26.1 Å². The maximum atomic E-state index is 13.3. The number of nitrogens with zero attached hydrogens (tertiary/aromatic N) is 1. The molecular weight excluding hydrogens is 535 g/mol. The van der Waals surface area contributed by atoms with Gasteiger partial charge in [0.05, 0.1) is 31.4 Å². The predicted molar refractivity (Wildman–Crippen MR) is 143 cm³/mol. The summed E-state index contributed by atoms with van der Waals surface area (Å²) in [6.07, 6.45) is 1.55. The minimum absolute atomic E-state index is 0.0753. The Bertz CT molecular complexity index is 1430. The maximum absolute atomic E-state index is 13.3. The first kappa shape index (κ1) is 27.0. The number of para-hydroxylation sites is 2. The van der Waals surface area contributed by atoms with Crippen LogP contribution in [0.25, 0.3) is 6.08 Å². The molecule has 3 aromatic rings. The molecule has 0 aromatic heterocycles. The summed E-state index contributed by atoms with van der Waals surface area (Å²) < 4.78 is 29.6. The molecule has 1 N–H and O–H groups in total. The molecule has 0 saturated carbocycles. The number of carbonyl (C=O) groups is 3. The summed E-state index contributed by atoms with van der Waals surface area (Å²) in [6.45, 7) is -0.354. The van der Waals surface area contributed by atoms with Crippen LogP contribution in [-0.4, -0.2) is 42.8 Å². The third-order valence-corrected chi connectivity index (χ3v) is 6.70. The minimum Gasteiger partial charge on any atom is -0.495 e. The number of methoxy groups -OCH3 is 2. The van der Waals surface area contributed by atoms with Crippen LogP contribution in [0, 0.1) is 5.82 Å². The Hall–Kier alpha value is -4.02. The molecule has 1 fully saturated rings. The zero-order chi connectivity index (χ0) is 27.2. The highest BCUT2D eigenvalue weighted by atomic mass is 35.5. The van der Waals surface area contributed by atoms with Crippen LogP contribution < -0.4 is 19.5 Å². The van der Waals surface area contributed by atoms with E-state index in [1.807, 2.05) is 0 Å². The van der Waals surface area contributed by atoms with Crippen molar-refractivity contribution in [1.29, 1.82) is 0 Å². The van der Waals surface area contributed by atoms with Crippen molar-refractivity contribution in [3.05, 3.63) is 87.5 Å². The Morgan fingerprint density at radius 2 is 1.79 bits per heavy atom. The molecule has 0 radical (unpaired) electrons. The first-order valence-corrected chi connectivity index (χ1v) is 12.4. The van der Waals surface area contributed by atoms with E-state index in [4.69, 9.17) is 25.8 Å². The number of anilines is 1.